The second-order valence-corrected chi connectivity index (χ2v) is 5.00. The second-order valence-electron chi connectivity index (χ2n) is 4.22. The van der Waals surface area contributed by atoms with Gasteiger partial charge in [-0.25, -0.2) is 14.5 Å². The van der Waals surface area contributed by atoms with Crippen LogP contribution in [0.2, 0.25) is 0 Å². The minimum Gasteiger partial charge on any atom is -0.238 e. The van der Waals surface area contributed by atoms with Crippen LogP contribution in [-0.2, 0) is 5.41 Å². The summed E-state index contributed by atoms with van der Waals surface area (Å²) in [5.41, 5.74) is 1.23. The lowest BCUT2D eigenvalue weighted by Gasteiger charge is -2.06. The highest BCUT2D eigenvalue weighted by Crippen LogP contribution is 2.46. The first kappa shape index (κ1) is 9.15. The Hall–Kier alpha value is -1.10. The van der Waals surface area contributed by atoms with Gasteiger partial charge in [0.1, 0.15) is 11.3 Å². The molecule has 4 nitrogen and oxygen atoms in total. The lowest BCUT2D eigenvalue weighted by Crippen LogP contribution is -2.09. The lowest BCUT2D eigenvalue weighted by molar-refractivity contribution is 0.650. The van der Waals surface area contributed by atoms with Gasteiger partial charge in [0.05, 0.1) is 12.4 Å². The van der Waals surface area contributed by atoms with Gasteiger partial charge >= 0.3 is 0 Å². The maximum absolute atomic E-state index is 4.47. The van der Waals surface area contributed by atoms with Crippen molar-refractivity contribution in [2.24, 2.45) is 0 Å². The van der Waals surface area contributed by atoms with E-state index in [2.05, 4.69) is 22.0 Å². The molecule has 2 aromatic rings. The van der Waals surface area contributed by atoms with Crippen molar-refractivity contribution in [2.45, 2.75) is 30.3 Å². The van der Waals surface area contributed by atoms with E-state index in [1.165, 1.54) is 12.8 Å². The van der Waals surface area contributed by atoms with E-state index < -0.39 is 0 Å². The summed E-state index contributed by atoms with van der Waals surface area (Å²) in [4.78, 5) is 8.69. The highest BCUT2D eigenvalue weighted by molar-refractivity contribution is 7.98. The molecule has 2 aromatic heterocycles. The van der Waals surface area contributed by atoms with Crippen molar-refractivity contribution >= 4 is 17.3 Å². The van der Waals surface area contributed by atoms with Crippen LogP contribution in [0.4, 0.5) is 0 Å². The van der Waals surface area contributed by atoms with E-state index in [-0.39, 0.29) is 5.41 Å². The normalized spacial score (nSPS) is 18.3. The van der Waals surface area contributed by atoms with Gasteiger partial charge in [-0.15, -0.1) is 5.10 Å². The predicted molar refractivity (Wildman–Crippen MR) is 59.1 cm³/mol. The second kappa shape index (κ2) is 2.95. The van der Waals surface area contributed by atoms with Crippen LogP contribution in [0.5, 0.6) is 0 Å². The summed E-state index contributed by atoms with van der Waals surface area (Å²) in [6.45, 7) is 2.24. The molecule has 0 atom stereocenters. The third-order valence-electron chi connectivity index (χ3n) is 2.98. The molecule has 1 aliphatic carbocycles. The summed E-state index contributed by atoms with van der Waals surface area (Å²) in [5.74, 6) is 1.08. The molecule has 0 bridgehead atoms. The largest absolute Gasteiger partial charge is 0.238 e. The molecular weight excluding hydrogens is 208 g/mol. The molecule has 0 aromatic carbocycles. The van der Waals surface area contributed by atoms with Gasteiger partial charge in [-0.1, -0.05) is 18.7 Å². The van der Waals surface area contributed by atoms with E-state index in [9.17, 15) is 0 Å². The molecule has 15 heavy (non-hydrogen) atoms. The predicted octanol–water partition coefficient (Wildman–Crippen LogP) is 1.90. The van der Waals surface area contributed by atoms with Crippen molar-refractivity contribution in [3.8, 4) is 0 Å². The molecule has 0 N–H and O–H groups in total. The maximum Gasteiger partial charge on any atom is 0.207 e. The van der Waals surface area contributed by atoms with E-state index in [1.807, 2.05) is 23.2 Å². The van der Waals surface area contributed by atoms with Gasteiger partial charge in [-0.05, 0) is 19.1 Å². The molecule has 1 saturated carbocycles. The highest BCUT2D eigenvalue weighted by atomic mass is 32.2. The molecule has 5 heteroatoms. The maximum atomic E-state index is 4.47. The Bertz CT molecular complexity index is 515. The van der Waals surface area contributed by atoms with Gasteiger partial charge in [0.2, 0.25) is 5.16 Å². The fourth-order valence-electron chi connectivity index (χ4n) is 1.70. The molecule has 0 spiro atoms. The summed E-state index contributed by atoms with van der Waals surface area (Å²) >= 11 is 1.56. The third-order valence-corrected chi connectivity index (χ3v) is 3.53. The van der Waals surface area contributed by atoms with Crippen molar-refractivity contribution in [1.82, 2.24) is 19.6 Å². The van der Waals surface area contributed by atoms with Gasteiger partial charge in [-0.2, -0.15) is 0 Å². The van der Waals surface area contributed by atoms with Crippen molar-refractivity contribution < 1.29 is 0 Å². The highest BCUT2D eigenvalue weighted by Gasteiger charge is 2.43. The Morgan fingerprint density at radius 2 is 2.07 bits per heavy atom. The van der Waals surface area contributed by atoms with Crippen LogP contribution in [-0.4, -0.2) is 25.8 Å². The zero-order valence-corrected chi connectivity index (χ0v) is 9.58. The van der Waals surface area contributed by atoms with Crippen molar-refractivity contribution in [3.63, 3.8) is 0 Å². The first-order chi connectivity index (χ1) is 7.23. The Kier molecular flexibility index (Phi) is 1.80. The molecule has 0 amide bonds. The molecule has 3 rings (SSSR count). The van der Waals surface area contributed by atoms with Crippen molar-refractivity contribution in [3.05, 3.63) is 18.2 Å². The Morgan fingerprint density at radius 1 is 1.33 bits per heavy atom. The van der Waals surface area contributed by atoms with Crippen LogP contribution in [0.3, 0.4) is 0 Å². The Morgan fingerprint density at radius 3 is 2.73 bits per heavy atom. The van der Waals surface area contributed by atoms with E-state index >= 15 is 0 Å². The number of aromatic nitrogens is 4. The van der Waals surface area contributed by atoms with Crippen LogP contribution in [0.15, 0.2) is 17.6 Å². The number of thioether (sulfide) groups is 1. The molecule has 1 fully saturated rings. The minimum absolute atomic E-state index is 0.246. The monoisotopic (exact) mass is 220 g/mol. The fraction of sp³-hybridized carbons (Fsp3) is 0.500. The van der Waals surface area contributed by atoms with Gasteiger partial charge in [-0.3, -0.25) is 0 Å². The van der Waals surface area contributed by atoms with Crippen LogP contribution in [0.25, 0.3) is 5.52 Å². The van der Waals surface area contributed by atoms with E-state index in [4.69, 9.17) is 0 Å². The number of imidazole rings is 1. The average Bonchev–Trinajstić information content (AvgIpc) is 2.86. The number of hydrogen-bond acceptors (Lipinski definition) is 4. The van der Waals surface area contributed by atoms with Gasteiger partial charge in [0.15, 0.2) is 0 Å². The van der Waals surface area contributed by atoms with Crippen LogP contribution >= 0.6 is 11.8 Å². The van der Waals surface area contributed by atoms with E-state index in [1.54, 1.807) is 11.8 Å². The Balaban J connectivity index is 2.22. The summed E-state index contributed by atoms with van der Waals surface area (Å²) < 4.78 is 1.94. The van der Waals surface area contributed by atoms with Crippen LogP contribution in [0, 0.1) is 0 Å². The molecule has 1 aliphatic rings. The number of nitrogens with zero attached hydrogens (tertiary/aromatic N) is 4. The molecule has 0 unspecified atom stereocenters. The topological polar surface area (TPSA) is 43.1 Å². The van der Waals surface area contributed by atoms with Crippen molar-refractivity contribution in [2.75, 3.05) is 6.26 Å². The Labute approximate surface area is 92.1 Å². The standard InChI is InChI=1S/C10H12N4S/c1-10(3-4-10)8-11-5-7-6-12-9(15-2)13-14(7)8/h5-6H,3-4H2,1-2H3. The number of rotatable bonds is 2. The SMILES string of the molecule is CSc1ncc2cnc(C3(C)CC3)n2n1. The summed E-state index contributed by atoms with van der Waals surface area (Å²) in [6.07, 6.45) is 8.09. The average molecular weight is 220 g/mol. The van der Waals surface area contributed by atoms with Gasteiger partial charge in [0, 0.05) is 5.41 Å². The number of fused-ring (bicyclic) bond motifs is 1. The number of hydrogen-bond donors (Lipinski definition) is 0. The lowest BCUT2D eigenvalue weighted by atomic mass is 10.1. The van der Waals surface area contributed by atoms with Crippen LogP contribution in [0.1, 0.15) is 25.6 Å². The van der Waals surface area contributed by atoms with E-state index in [0.717, 1.165) is 16.5 Å². The fourth-order valence-corrected chi connectivity index (χ4v) is 2.02. The first-order valence-electron chi connectivity index (χ1n) is 4.98. The molecule has 0 radical (unpaired) electrons. The van der Waals surface area contributed by atoms with Crippen LogP contribution < -0.4 is 0 Å². The third kappa shape index (κ3) is 1.33. The zero-order valence-electron chi connectivity index (χ0n) is 8.77. The molecule has 2 heterocycles. The summed E-state index contributed by atoms with van der Waals surface area (Å²) in [6, 6.07) is 0. The smallest absolute Gasteiger partial charge is 0.207 e. The van der Waals surface area contributed by atoms with Gasteiger partial charge in [0.25, 0.3) is 0 Å². The summed E-state index contributed by atoms with van der Waals surface area (Å²) in [5, 5.41) is 5.26. The quantitative estimate of drug-likeness (QED) is 0.725. The molecule has 0 saturated heterocycles. The molecule has 78 valence electrons. The first-order valence-corrected chi connectivity index (χ1v) is 6.21. The zero-order chi connectivity index (χ0) is 10.5. The molecular formula is C10H12N4S. The summed E-state index contributed by atoms with van der Waals surface area (Å²) in [7, 11) is 0. The van der Waals surface area contributed by atoms with Gasteiger partial charge < -0.3 is 0 Å². The molecule has 0 aliphatic heterocycles. The van der Waals surface area contributed by atoms with Crippen molar-refractivity contribution in [1.29, 1.82) is 0 Å². The minimum atomic E-state index is 0.246. The van der Waals surface area contributed by atoms with E-state index in [0.29, 0.717) is 0 Å².